The molecule has 0 aromatic carbocycles. The van der Waals surface area contributed by atoms with Crippen molar-refractivity contribution in [2.75, 3.05) is 13.1 Å². The SMILES string of the molecule is O=C(NCC1CC1)NCC1CCCCC1C(=O)O. The van der Waals surface area contributed by atoms with Crippen LogP contribution in [0.15, 0.2) is 0 Å². The van der Waals surface area contributed by atoms with Crippen LogP contribution in [0.4, 0.5) is 4.79 Å². The van der Waals surface area contributed by atoms with Gasteiger partial charge in [0.15, 0.2) is 0 Å². The molecular formula is C13H22N2O3. The first-order valence-corrected chi connectivity index (χ1v) is 6.91. The van der Waals surface area contributed by atoms with Crippen molar-refractivity contribution in [1.29, 1.82) is 0 Å². The summed E-state index contributed by atoms with van der Waals surface area (Å²) in [5.41, 5.74) is 0. The molecule has 2 amide bonds. The average Bonchev–Trinajstić information content (AvgIpc) is 3.18. The van der Waals surface area contributed by atoms with E-state index in [-0.39, 0.29) is 17.9 Å². The van der Waals surface area contributed by atoms with E-state index in [0.29, 0.717) is 12.5 Å². The highest BCUT2D eigenvalue weighted by molar-refractivity contribution is 5.74. The summed E-state index contributed by atoms with van der Waals surface area (Å²) in [6, 6.07) is -0.156. The number of carbonyl (C=O) groups excluding carboxylic acids is 1. The maximum atomic E-state index is 11.5. The normalized spacial score (nSPS) is 27.6. The number of amides is 2. The second kappa shape index (κ2) is 6.07. The molecule has 0 aromatic rings. The van der Waals surface area contributed by atoms with Gasteiger partial charge in [-0.2, -0.15) is 0 Å². The van der Waals surface area contributed by atoms with E-state index in [2.05, 4.69) is 10.6 Å². The number of carbonyl (C=O) groups is 2. The van der Waals surface area contributed by atoms with Crippen LogP contribution in [0.2, 0.25) is 0 Å². The van der Waals surface area contributed by atoms with Gasteiger partial charge in [0.25, 0.3) is 0 Å². The standard InChI is InChI=1S/C13H22N2O3/c16-12(17)11-4-2-1-3-10(11)8-15-13(18)14-7-9-5-6-9/h9-11H,1-8H2,(H,16,17)(H2,14,15,18). The van der Waals surface area contributed by atoms with E-state index in [0.717, 1.165) is 32.2 Å². The third-order valence-electron chi connectivity index (χ3n) is 4.00. The Labute approximate surface area is 107 Å². The van der Waals surface area contributed by atoms with E-state index in [1.165, 1.54) is 12.8 Å². The highest BCUT2D eigenvalue weighted by Crippen LogP contribution is 2.30. The van der Waals surface area contributed by atoms with Gasteiger partial charge in [-0.25, -0.2) is 4.79 Å². The zero-order valence-electron chi connectivity index (χ0n) is 10.7. The van der Waals surface area contributed by atoms with Gasteiger partial charge in [-0.3, -0.25) is 4.79 Å². The molecule has 2 atom stereocenters. The zero-order chi connectivity index (χ0) is 13.0. The minimum absolute atomic E-state index is 0.0860. The number of nitrogens with one attached hydrogen (secondary N) is 2. The van der Waals surface area contributed by atoms with Crippen molar-refractivity contribution < 1.29 is 14.7 Å². The van der Waals surface area contributed by atoms with Crippen molar-refractivity contribution in [2.45, 2.75) is 38.5 Å². The molecule has 0 aromatic heterocycles. The van der Waals surface area contributed by atoms with Crippen molar-refractivity contribution >= 4 is 12.0 Å². The van der Waals surface area contributed by atoms with Crippen LogP contribution in [0.1, 0.15) is 38.5 Å². The Bertz CT molecular complexity index is 315. The largest absolute Gasteiger partial charge is 0.481 e. The van der Waals surface area contributed by atoms with Gasteiger partial charge in [0.05, 0.1) is 5.92 Å². The van der Waals surface area contributed by atoms with E-state index < -0.39 is 5.97 Å². The third kappa shape index (κ3) is 3.89. The first-order chi connectivity index (χ1) is 8.66. The summed E-state index contributed by atoms with van der Waals surface area (Å²) in [6.07, 6.45) is 6.13. The van der Waals surface area contributed by atoms with Gasteiger partial charge in [0, 0.05) is 13.1 Å². The molecule has 2 aliphatic carbocycles. The fraction of sp³-hybridized carbons (Fsp3) is 0.846. The van der Waals surface area contributed by atoms with Gasteiger partial charge >= 0.3 is 12.0 Å². The van der Waals surface area contributed by atoms with Crippen molar-refractivity contribution in [3.8, 4) is 0 Å². The molecule has 2 unspecified atom stereocenters. The Morgan fingerprint density at radius 1 is 1.00 bits per heavy atom. The second-order valence-electron chi connectivity index (χ2n) is 5.52. The van der Waals surface area contributed by atoms with Crippen LogP contribution >= 0.6 is 0 Å². The second-order valence-corrected chi connectivity index (χ2v) is 5.52. The molecule has 18 heavy (non-hydrogen) atoms. The van der Waals surface area contributed by atoms with Crippen molar-refractivity contribution in [3.05, 3.63) is 0 Å². The van der Waals surface area contributed by atoms with Crippen molar-refractivity contribution in [3.63, 3.8) is 0 Å². The molecule has 2 saturated carbocycles. The quantitative estimate of drug-likeness (QED) is 0.697. The van der Waals surface area contributed by atoms with Gasteiger partial charge in [0.2, 0.25) is 0 Å². The monoisotopic (exact) mass is 254 g/mol. The van der Waals surface area contributed by atoms with Crippen LogP contribution in [0, 0.1) is 17.8 Å². The minimum Gasteiger partial charge on any atom is -0.481 e. The summed E-state index contributed by atoms with van der Waals surface area (Å²) in [5, 5.41) is 14.8. The van der Waals surface area contributed by atoms with Gasteiger partial charge in [-0.15, -0.1) is 0 Å². The molecule has 0 heterocycles. The molecule has 3 N–H and O–H groups in total. The van der Waals surface area contributed by atoms with Gasteiger partial charge in [-0.1, -0.05) is 12.8 Å². The summed E-state index contributed by atoms with van der Waals surface area (Å²) >= 11 is 0. The molecule has 0 radical (unpaired) electrons. The fourth-order valence-electron chi connectivity index (χ4n) is 2.62. The Kier molecular flexibility index (Phi) is 4.44. The number of hydrogen-bond donors (Lipinski definition) is 3. The highest BCUT2D eigenvalue weighted by atomic mass is 16.4. The number of hydrogen-bond acceptors (Lipinski definition) is 2. The van der Waals surface area contributed by atoms with Gasteiger partial charge < -0.3 is 15.7 Å². The van der Waals surface area contributed by atoms with E-state index in [9.17, 15) is 9.59 Å². The van der Waals surface area contributed by atoms with Crippen LogP contribution in [0.25, 0.3) is 0 Å². The lowest BCUT2D eigenvalue weighted by Crippen LogP contribution is -2.42. The molecule has 102 valence electrons. The summed E-state index contributed by atoms with van der Waals surface area (Å²) in [7, 11) is 0. The van der Waals surface area contributed by atoms with Crippen LogP contribution in [-0.4, -0.2) is 30.2 Å². The lowest BCUT2D eigenvalue weighted by molar-refractivity contribution is -0.144. The fourth-order valence-corrected chi connectivity index (χ4v) is 2.62. The Morgan fingerprint density at radius 2 is 1.67 bits per heavy atom. The van der Waals surface area contributed by atoms with Crippen LogP contribution in [-0.2, 0) is 4.79 Å². The zero-order valence-corrected chi connectivity index (χ0v) is 10.7. The lowest BCUT2D eigenvalue weighted by atomic mass is 9.79. The lowest BCUT2D eigenvalue weighted by Gasteiger charge is -2.28. The number of carboxylic acids is 1. The van der Waals surface area contributed by atoms with Gasteiger partial charge in [-0.05, 0) is 37.5 Å². The van der Waals surface area contributed by atoms with Crippen molar-refractivity contribution in [1.82, 2.24) is 10.6 Å². The number of rotatable bonds is 5. The van der Waals surface area contributed by atoms with E-state index in [1.807, 2.05) is 0 Å². The number of aliphatic carboxylic acids is 1. The average molecular weight is 254 g/mol. The summed E-state index contributed by atoms with van der Waals surface area (Å²) in [5.74, 6) is -0.262. The van der Waals surface area contributed by atoms with E-state index in [1.54, 1.807) is 0 Å². The van der Waals surface area contributed by atoms with Crippen LogP contribution < -0.4 is 10.6 Å². The summed E-state index contributed by atoms with van der Waals surface area (Å²) < 4.78 is 0. The first kappa shape index (κ1) is 13.2. The topological polar surface area (TPSA) is 78.4 Å². The summed E-state index contributed by atoms with van der Waals surface area (Å²) in [6.45, 7) is 1.23. The molecule has 2 fully saturated rings. The van der Waals surface area contributed by atoms with Crippen molar-refractivity contribution in [2.24, 2.45) is 17.8 Å². The molecule has 2 aliphatic rings. The minimum atomic E-state index is -0.722. The maximum absolute atomic E-state index is 11.5. The molecule has 2 rings (SSSR count). The molecule has 5 nitrogen and oxygen atoms in total. The number of carboxylic acid groups (broad SMARTS) is 1. The van der Waals surface area contributed by atoms with E-state index in [4.69, 9.17) is 5.11 Å². The van der Waals surface area contributed by atoms with Crippen LogP contribution in [0.3, 0.4) is 0 Å². The Morgan fingerprint density at radius 3 is 2.33 bits per heavy atom. The predicted octanol–water partition coefficient (Wildman–Crippen LogP) is 1.59. The molecule has 0 spiro atoms. The van der Waals surface area contributed by atoms with Crippen LogP contribution in [0.5, 0.6) is 0 Å². The number of urea groups is 1. The Hall–Kier alpha value is -1.26. The maximum Gasteiger partial charge on any atom is 0.314 e. The summed E-state index contributed by atoms with van der Waals surface area (Å²) in [4.78, 5) is 22.6. The molecular weight excluding hydrogens is 232 g/mol. The van der Waals surface area contributed by atoms with E-state index >= 15 is 0 Å². The predicted molar refractivity (Wildman–Crippen MR) is 67.2 cm³/mol. The molecule has 0 bridgehead atoms. The smallest absolute Gasteiger partial charge is 0.314 e. The Balaban J connectivity index is 1.69. The molecule has 5 heteroatoms. The van der Waals surface area contributed by atoms with Gasteiger partial charge in [0.1, 0.15) is 0 Å². The molecule has 0 aliphatic heterocycles. The molecule has 0 saturated heterocycles. The third-order valence-corrected chi connectivity index (χ3v) is 4.00. The first-order valence-electron chi connectivity index (χ1n) is 6.91. The highest BCUT2D eigenvalue weighted by Gasteiger charge is 2.30.